The second-order valence-electron chi connectivity index (χ2n) is 4.77. The maximum Gasteiger partial charge on any atom is 0.319 e. The fraction of sp³-hybridized carbons (Fsp3) is 0.833. The summed E-state index contributed by atoms with van der Waals surface area (Å²) in [6.45, 7) is 7.80. The molecule has 0 aromatic heterocycles. The molecular weight excluding hydrogens is 234 g/mol. The molecule has 1 aliphatic rings. The molecule has 1 N–H and O–H groups in total. The largest absolute Gasteiger partial charge is 0.481 e. The number of urea groups is 1. The van der Waals surface area contributed by atoms with E-state index in [0.29, 0.717) is 19.1 Å². The van der Waals surface area contributed by atoms with Gasteiger partial charge in [0.1, 0.15) is 0 Å². The van der Waals surface area contributed by atoms with Crippen molar-refractivity contribution in [2.75, 3.05) is 39.8 Å². The highest BCUT2D eigenvalue weighted by Gasteiger charge is 2.27. The van der Waals surface area contributed by atoms with Gasteiger partial charge in [-0.25, -0.2) is 4.79 Å². The van der Waals surface area contributed by atoms with Crippen LogP contribution in [0.4, 0.5) is 4.79 Å². The molecule has 6 nitrogen and oxygen atoms in total. The molecule has 0 spiro atoms. The van der Waals surface area contributed by atoms with Gasteiger partial charge in [-0.05, 0) is 13.5 Å². The number of rotatable bonds is 4. The van der Waals surface area contributed by atoms with Crippen molar-refractivity contribution in [3.05, 3.63) is 0 Å². The molecule has 0 bridgehead atoms. The van der Waals surface area contributed by atoms with Crippen molar-refractivity contribution in [2.24, 2.45) is 0 Å². The Morgan fingerprint density at radius 3 is 2.56 bits per heavy atom. The van der Waals surface area contributed by atoms with E-state index in [-0.39, 0.29) is 19.0 Å². The quantitative estimate of drug-likeness (QED) is 0.798. The fourth-order valence-electron chi connectivity index (χ4n) is 2.24. The van der Waals surface area contributed by atoms with E-state index < -0.39 is 5.97 Å². The van der Waals surface area contributed by atoms with Crippen molar-refractivity contribution in [2.45, 2.75) is 26.3 Å². The molecule has 1 aliphatic heterocycles. The molecule has 6 heteroatoms. The van der Waals surface area contributed by atoms with Gasteiger partial charge in [0, 0.05) is 39.3 Å². The van der Waals surface area contributed by atoms with Crippen molar-refractivity contribution in [1.82, 2.24) is 14.7 Å². The van der Waals surface area contributed by atoms with Crippen LogP contribution in [0, 0.1) is 0 Å². The van der Waals surface area contributed by atoms with Crippen LogP contribution in [0.3, 0.4) is 0 Å². The Kier molecular flexibility index (Phi) is 5.40. The topological polar surface area (TPSA) is 64.1 Å². The maximum atomic E-state index is 12.1. The van der Waals surface area contributed by atoms with E-state index in [1.165, 1.54) is 4.90 Å². The van der Waals surface area contributed by atoms with Gasteiger partial charge < -0.3 is 14.9 Å². The van der Waals surface area contributed by atoms with Gasteiger partial charge in [-0.3, -0.25) is 9.69 Å². The van der Waals surface area contributed by atoms with Gasteiger partial charge in [0.15, 0.2) is 0 Å². The average Bonchev–Trinajstić information content (AvgIpc) is 2.34. The summed E-state index contributed by atoms with van der Waals surface area (Å²) in [5.41, 5.74) is 0. The molecule has 0 aliphatic carbocycles. The Bertz CT molecular complexity index is 309. The minimum absolute atomic E-state index is 0.00722. The second-order valence-corrected chi connectivity index (χ2v) is 4.77. The van der Waals surface area contributed by atoms with Crippen molar-refractivity contribution in [3.8, 4) is 0 Å². The van der Waals surface area contributed by atoms with Crippen LogP contribution in [0.15, 0.2) is 0 Å². The minimum atomic E-state index is -0.876. The van der Waals surface area contributed by atoms with Crippen LogP contribution in [0.25, 0.3) is 0 Å². The Morgan fingerprint density at radius 2 is 2.06 bits per heavy atom. The van der Waals surface area contributed by atoms with Gasteiger partial charge in [-0.2, -0.15) is 0 Å². The van der Waals surface area contributed by atoms with E-state index in [0.717, 1.165) is 13.1 Å². The maximum absolute atomic E-state index is 12.1. The highest BCUT2D eigenvalue weighted by Crippen LogP contribution is 2.10. The number of piperazine rings is 1. The van der Waals surface area contributed by atoms with E-state index in [1.807, 2.05) is 0 Å². The first-order valence-corrected chi connectivity index (χ1v) is 6.41. The summed E-state index contributed by atoms with van der Waals surface area (Å²) in [6, 6.07) is 0.291. The molecule has 0 radical (unpaired) electrons. The zero-order chi connectivity index (χ0) is 13.7. The van der Waals surface area contributed by atoms with Crippen LogP contribution in [-0.4, -0.2) is 77.6 Å². The first-order chi connectivity index (χ1) is 8.45. The van der Waals surface area contributed by atoms with Gasteiger partial charge in [-0.15, -0.1) is 0 Å². The van der Waals surface area contributed by atoms with Crippen LogP contribution in [0.5, 0.6) is 0 Å². The molecular formula is C12H23N3O3. The van der Waals surface area contributed by atoms with Gasteiger partial charge in [0.25, 0.3) is 0 Å². The lowest BCUT2D eigenvalue weighted by atomic mass is 10.2. The third-order valence-electron chi connectivity index (χ3n) is 3.43. The zero-order valence-electron chi connectivity index (χ0n) is 11.4. The normalized spacial score (nSPS) is 20.8. The number of aliphatic carboxylic acids is 1. The SMILES string of the molecule is CCN1CCN(C(=O)N(C)CCC(=O)O)CC1C. The third kappa shape index (κ3) is 3.87. The summed E-state index contributed by atoms with van der Waals surface area (Å²) in [6.07, 6.45) is -0.00722. The highest BCUT2D eigenvalue weighted by atomic mass is 16.4. The lowest BCUT2D eigenvalue weighted by molar-refractivity contribution is -0.137. The average molecular weight is 257 g/mol. The predicted molar refractivity (Wildman–Crippen MR) is 68.6 cm³/mol. The van der Waals surface area contributed by atoms with Crippen molar-refractivity contribution in [3.63, 3.8) is 0 Å². The molecule has 0 aromatic rings. The van der Waals surface area contributed by atoms with E-state index >= 15 is 0 Å². The summed E-state index contributed by atoms with van der Waals surface area (Å²) >= 11 is 0. The molecule has 1 saturated heterocycles. The van der Waals surface area contributed by atoms with E-state index in [9.17, 15) is 9.59 Å². The molecule has 2 amide bonds. The lowest BCUT2D eigenvalue weighted by Gasteiger charge is -2.40. The first-order valence-electron chi connectivity index (χ1n) is 6.41. The second kappa shape index (κ2) is 6.58. The molecule has 1 unspecified atom stereocenters. The van der Waals surface area contributed by atoms with Crippen LogP contribution < -0.4 is 0 Å². The van der Waals surface area contributed by atoms with E-state index in [1.54, 1.807) is 11.9 Å². The van der Waals surface area contributed by atoms with Crippen LogP contribution in [-0.2, 0) is 4.79 Å². The summed E-state index contributed by atoms with van der Waals surface area (Å²) in [4.78, 5) is 28.2. The van der Waals surface area contributed by atoms with Crippen molar-refractivity contribution in [1.29, 1.82) is 0 Å². The highest BCUT2D eigenvalue weighted by molar-refractivity contribution is 5.75. The number of likely N-dealkylation sites (N-methyl/N-ethyl adjacent to an activating group) is 1. The van der Waals surface area contributed by atoms with Crippen LogP contribution >= 0.6 is 0 Å². The Labute approximate surface area is 108 Å². The molecule has 0 aromatic carbocycles. The number of amides is 2. The molecule has 104 valence electrons. The standard InChI is InChI=1S/C12H23N3O3/c1-4-14-7-8-15(9-10(14)2)12(18)13(3)6-5-11(16)17/h10H,4-9H2,1-3H3,(H,16,17). The van der Waals surface area contributed by atoms with Crippen LogP contribution in [0.2, 0.25) is 0 Å². The number of carboxylic acid groups (broad SMARTS) is 1. The van der Waals surface area contributed by atoms with Gasteiger partial charge in [0.2, 0.25) is 0 Å². The fourth-order valence-corrected chi connectivity index (χ4v) is 2.24. The smallest absolute Gasteiger partial charge is 0.319 e. The van der Waals surface area contributed by atoms with E-state index in [4.69, 9.17) is 5.11 Å². The van der Waals surface area contributed by atoms with Crippen LogP contribution in [0.1, 0.15) is 20.3 Å². The van der Waals surface area contributed by atoms with E-state index in [2.05, 4.69) is 18.7 Å². The summed E-state index contributed by atoms with van der Waals surface area (Å²) < 4.78 is 0. The Hall–Kier alpha value is -1.30. The first kappa shape index (κ1) is 14.8. The molecule has 1 atom stereocenters. The summed E-state index contributed by atoms with van der Waals surface area (Å²) in [5.74, 6) is -0.876. The number of carboxylic acids is 1. The lowest BCUT2D eigenvalue weighted by Crippen LogP contribution is -2.55. The number of nitrogens with zero attached hydrogens (tertiary/aromatic N) is 3. The zero-order valence-corrected chi connectivity index (χ0v) is 11.4. The monoisotopic (exact) mass is 257 g/mol. The van der Waals surface area contributed by atoms with Crippen molar-refractivity contribution < 1.29 is 14.7 Å². The van der Waals surface area contributed by atoms with Gasteiger partial charge in [-0.1, -0.05) is 6.92 Å². The molecule has 1 fully saturated rings. The summed E-state index contributed by atoms with van der Waals surface area (Å²) in [7, 11) is 1.65. The number of hydrogen-bond acceptors (Lipinski definition) is 3. The summed E-state index contributed by atoms with van der Waals surface area (Å²) in [5, 5.41) is 8.60. The van der Waals surface area contributed by atoms with Gasteiger partial charge >= 0.3 is 12.0 Å². The number of carbonyl (C=O) groups excluding carboxylic acids is 1. The molecule has 0 saturated carbocycles. The third-order valence-corrected chi connectivity index (χ3v) is 3.43. The van der Waals surface area contributed by atoms with Crippen molar-refractivity contribution >= 4 is 12.0 Å². The Morgan fingerprint density at radius 1 is 1.39 bits per heavy atom. The number of carbonyl (C=O) groups is 2. The minimum Gasteiger partial charge on any atom is -0.481 e. The molecule has 1 rings (SSSR count). The molecule has 18 heavy (non-hydrogen) atoms. The number of hydrogen-bond donors (Lipinski definition) is 1. The van der Waals surface area contributed by atoms with Gasteiger partial charge in [0.05, 0.1) is 6.42 Å². The Balaban J connectivity index is 2.45. The molecule has 1 heterocycles. The predicted octanol–water partition coefficient (Wildman–Crippen LogP) is 0.539.